The van der Waals surface area contributed by atoms with Crippen molar-refractivity contribution in [2.45, 2.75) is 74.8 Å². The second-order valence-corrected chi connectivity index (χ2v) is 11.7. The normalized spacial score (nSPS) is 37.4. The summed E-state index contributed by atoms with van der Waals surface area (Å²) in [7, 11) is 0.178. The van der Waals surface area contributed by atoms with Crippen LogP contribution < -0.4 is 0 Å². The van der Waals surface area contributed by atoms with Gasteiger partial charge in [0.2, 0.25) is 0 Å². The lowest BCUT2D eigenvalue weighted by Gasteiger charge is -2.44. The third-order valence-electron chi connectivity index (χ3n) is 7.39. The fourth-order valence-corrected chi connectivity index (χ4v) is 6.57. The van der Waals surface area contributed by atoms with Crippen molar-refractivity contribution >= 4 is 29.6 Å². The fourth-order valence-electron chi connectivity index (χ4n) is 5.36. The number of carbonyl (C=O) groups is 2. The summed E-state index contributed by atoms with van der Waals surface area (Å²) in [6, 6.07) is 0. The van der Waals surface area contributed by atoms with E-state index in [0.29, 0.717) is 13.0 Å². The van der Waals surface area contributed by atoms with E-state index >= 15 is 0 Å². The lowest BCUT2D eigenvalue weighted by Crippen LogP contribution is -2.59. The van der Waals surface area contributed by atoms with Gasteiger partial charge in [-0.3, -0.25) is 4.21 Å². The zero-order valence-corrected chi connectivity index (χ0v) is 21.0. The van der Waals surface area contributed by atoms with Crippen molar-refractivity contribution in [3.63, 3.8) is 0 Å². The Labute approximate surface area is 202 Å². The summed E-state index contributed by atoms with van der Waals surface area (Å²) in [5.74, 6) is -1.04. The second-order valence-electron chi connectivity index (χ2n) is 9.94. The van der Waals surface area contributed by atoms with Crippen molar-refractivity contribution in [3.8, 4) is 0 Å². The average Bonchev–Trinajstić information content (AvgIpc) is 3.64. The van der Waals surface area contributed by atoms with Crippen molar-refractivity contribution in [2.24, 2.45) is 11.1 Å². The number of oxime groups is 1. The largest absolute Gasteiger partial charge is 0.443 e. The first kappa shape index (κ1) is 25.3. The van der Waals surface area contributed by atoms with E-state index in [1.165, 1.54) is 10.5 Å². The average molecular weight is 499 g/mol. The molecule has 0 aromatic heterocycles. The molecule has 1 spiro atoms. The number of hydrogen-bond donors (Lipinski definition) is 0. The van der Waals surface area contributed by atoms with Gasteiger partial charge in [-0.25, -0.2) is 9.59 Å². The van der Waals surface area contributed by atoms with Gasteiger partial charge in [0.15, 0.2) is 0 Å². The van der Waals surface area contributed by atoms with Gasteiger partial charge in [0.1, 0.15) is 29.2 Å². The number of hydrogen-bond acceptors (Lipinski definition) is 9. The Balaban J connectivity index is 1.35. The highest BCUT2D eigenvalue weighted by atomic mass is 32.2. The molecule has 0 radical (unpaired) electrons. The molecule has 4 rings (SSSR count). The van der Waals surface area contributed by atoms with Crippen LogP contribution in [0.5, 0.6) is 0 Å². The minimum Gasteiger partial charge on any atom is -0.443 e. The minimum atomic E-state index is -1.46. The molecule has 1 amide bonds. The van der Waals surface area contributed by atoms with Crippen molar-refractivity contribution in [2.75, 3.05) is 32.6 Å². The molecular formula is C23H34N2O8S. The van der Waals surface area contributed by atoms with Crippen molar-refractivity contribution in [1.29, 1.82) is 0 Å². The number of rotatable bonds is 9. The molecule has 2 unspecified atom stereocenters. The van der Waals surface area contributed by atoms with E-state index in [4.69, 9.17) is 18.9 Å². The quantitative estimate of drug-likeness (QED) is 0.155. The standard InChI is InChI=1S/C23H34N2O8S/c1-14(2)6-7-17-22(3,32-17)20-19(29-5)16(8-9-23(20)13-30-23)31-21(27)25-10-15(11-25)34(28)12-18(26)33-24-4/h6,15-17,19-20H,4,7-13H2,1-3,5H3/t16-,17?,19-,20-,22+,23+,34?/m1/s1. The molecule has 7 atom stereocenters. The monoisotopic (exact) mass is 498 g/mol. The van der Waals surface area contributed by atoms with Crippen LogP contribution in [0.2, 0.25) is 0 Å². The van der Waals surface area contributed by atoms with Crippen LogP contribution in [0.25, 0.3) is 0 Å². The van der Waals surface area contributed by atoms with Gasteiger partial charge < -0.3 is 28.7 Å². The van der Waals surface area contributed by atoms with Crippen molar-refractivity contribution in [1.82, 2.24) is 4.90 Å². The van der Waals surface area contributed by atoms with Gasteiger partial charge in [0.25, 0.3) is 0 Å². The molecule has 4 aliphatic rings. The summed E-state index contributed by atoms with van der Waals surface area (Å²) in [5, 5.41) is 2.72. The molecule has 1 saturated carbocycles. The summed E-state index contributed by atoms with van der Waals surface area (Å²) >= 11 is 0. The zero-order chi connectivity index (χ0) is 24.7. The highest BCUT2D eigenvalue weighted by molar-refractivity contribution is 7.86. The summed E-state index contributed by atoms with van der Waals surface area (Å²) in [6.45, 7) is 10.5. The minimum absolute atomic E-state index is 0.0479. The molecule has 10 nitrogen and oxygen atoms in total. The molecule has 3 saturated heterocycles. The molecule has 3 heterocycles. The van der Waals surface area contributed by atoms with Gasteiger partial charge in [0, 0.05) is 37.7 Å². The summed E-state index contributed by atoms with van der Waals surface area (Å²) in [6.07, 6.45) is 3.25. The Bertz CT molecular complexity index is 880. The number of ether oxygens (including phenoxy) is 4. The van der Waals surface area contributed by atoms with E-state index in [1.54, 1.807) is 7.11 Å². The SMILES string of the molecule is C=NOC(=O)CS(=O)C1CN(C(=O)O[C@@H]2CC[C@]3(CO3)[C@@H]([C@@]3(C)OC3CC=C(C)C)[C@@H]2OC)C1. The van der Waals surface area contributed by atoms with Gasteiger partial charge in [-0.1, -0.05) is 16.8 Å². The van der Waals surface area contributed by atoms with Crippen molar-refractivity contribution in [3.05, 3.63) is 11.6 Å². The lowest BCUT2D eigenvalue weighted by atomic mass is 9.68. The third kappa shape index (κ3) is 4.93. The summed E-state index contributed by atoms with van der Waals surface area (Å²) < 4.78 is 36.2. The predicted molar refractivity (Wildman–Crippen MR) is 124 cm³/mol. The van der Waals surface area contributed by atoms with Gasteiger partial charge >= 0.3 is 12.1 Å². The molecule has 190 valence electrons. The molecule has 1 aliphatic carbocycles. The highest BCUT2D eigenvalue weighted by Gasteiger charge is 2.72. The Hall–Kier alpha value is -1.82. The van der Waals surface area contributed by atoms with E-state index in [9.17, 15) is 13.8 Å². The van der Waals surface area contributed by atoms with Crippen LogP contribution in [-0.4, -0.2) is 95.2 Å². The number of allylic oxidation sites excluding steroid dienone is 1. The van der Waals surface area contributed by atoms with Crippen LogP contribution in [0.15, 0.2) is 16.8 Å². The molecule has 3 aliphatic heterocycles. The Morgan fingerprint density at radius 2 is 2.03 bits per heavy atom. The first-order chi connectivity index (χ1) is 16.1. The molecule has 11 heteroatoms. The number of carbonyl (C=O) groups excluding carboxylic acids is 2. The predicted octanol–water partition coefficient (Wildman–Crippen LogP) is 1.79. The summed E-state index contributed by atoms with van der Waals surface area (Å²) in [5.41, 5.74) is 0.560. The maximum Gasteiger partial charge on any atom is 0.410 e. The van der Waals surface area contributed by atoms with Crippen LogP contribution in [0.4, 0.5) is 4.79 Å². The van der Waals surface area contributed by atoms with E-state index in [0.717, 1.165) is 12.8 Å². The Morgan fingerprint density at radius 1 is 1.32 bits per heavy atom. The second kappa shape index (κ2) is 9.67. The van der Waals surface area contributed by atoms with Crippen LogP contribution in [0.3, 0.4) is 0 Å². The number of methoxy groups -OCH3 is 1. The number of amides is 1. The number of nitrogens with zero attached hydrogens (tertiary/aromatic N) is 2. The first-order valence-electron chi connectivity index (χ1n) is 11.6. The molecule has 4 fully saturated rings. The Morgan fingerprint density at radius 3 is 2.62 bits per heavy atom. The molecule has 0 aromatic rings. The van der Waals surface area contributed by atoms with Crippen molar-refractivity contribution < 1.29 is 37.6 Å². The van der Waals surface area contributed by atoms with E-state index in [2.05, 4.69) is 43.6 Å². The van der Waals surface area contributed by atoms with Gasteiger partial charge in [0.05, 0.1) is 23.9 Å². The zero-order valence-electron chi connectivity index (χ0n) is 20.2. The highest BCUT2D eigenvalue weighted by Crippen LogP contribution is 2.59. The topological polar surface area (TPSA) is 120 Å². The van der Waals surface area contributed by atoms with E-state index in [1.807, 2.05) is 0 Å². The lowest BCUT2D eigenvalue weighted by molar-refractivity contribution is -0.140. The van der Waals surface area contributed by atoms with Crippen LogP contribution in [0.1, 0.15) is 40.0 Å². The number of epoxide rings is 2. The third-order valence-corrected chi connectivity index (χ3v) is 8.96. The summed E-state index contributed by atoms with van der Waals surface area (Å²) in [4.78, 5) is 30.1. The van der Waals surface area contributed by atoms with E-state index < -0.39 is 34.6 Å². The molecule has 34 heavy (non-hydrogen) atoms. The number of likely N-dealkylation sites (tertiary alicyclic amines) is 1. The van der Waals surface area contributed by atoms with Crippen LogP contribution >= 0.6 is 0 Å². The maximum absolute atomic E-state index is 12.8. The smallest absolute Gasteiger partial charge is 0.410 e. The molecule has 0 bridgehead atoms. The molecule has 0 aromatic carbocycles. The van der Waals surface area contributed by atoms with Gasteiger partial charge in [-0.15, -0.1) is 0 Å². The fraction of sp³-hybridized carbons (Fsp3) is 0.783. The van der Waals surface area contributed by atoms with Gasteiger partial charge in [-0.05, 0) is 40.0 Å². The molecular weight excluding hydrogens is 464 g/mol. The molecule has 0 N–H and O–H groups in total. The maximum atomic E-state index is 12.8. The van der Waals surface area contributed by atoms with E-state index in [-0.39, 0.29) is 47.8 Å². The first-order valence-corrected chi connectivity index (χ1v) is 13.0. The van der Waals surface area contributed by atoms with Crippen LogP contribution in [0, 0.1) is 5.92 Å². The van der Waals surface area contributed by atoms with Gasteiger partial charge in [-0.2, -0.15) is 0 Å². The Kier molecular flexibility index (Phi) is 7.19. The van der Waals surface area contributed by atoms with Crippen LogP contribution in [-0.2, 0) is 39.4 Å².